The van der Waals surface area contributed by atoms with Crippen molar-refractivity contribution in [3.8, 4) is 5.75 Å². The second-order valence-electron chi connectivity index (χ2n) is 4.78. The lowest BCUT2D eigenvalue weighted by Crippen LogP contribution is -2.41. The molecule has 1 aromatic rings. The lowest BCUT2D eigenvalue weighted by Gasteiger charge is -2.33. The zero-order valence-electron chi connectivity index (χ0n) is 11.4. The summed E-state index contributed by atoms with van der Waals surface area (Å²) in [5, 5.41) is 0. The van der Waals surface area contributed by atoms with E-state index in [1.807, 2.05) is 4.90 Å². The molecule has 1 aromatic carbocycles. The van der Waals surface area contributed by atoms with Gasteiger partial charge in [0.05, 0.1) is 12.2 Å². The highest BCUT2D eigenvalue weighted by atomic mass is 32.1. The summed E-state index contributed by atoms with van der Waals surface area (Å²) < 4.78 is 44.6. The molecule has 1 saturated heterocycles. The molecule has 1 aliphatic heterocycles. The maximum absolute atomic E-state index is 13.1. The number of likely N-dealkylation sites (tertiary alicyclic amines) is 1. The third kappa shape index (κ3) is 3.75. The maximum Gasteiger partial charge on any atom is 0.419 e. The summed E-state index contributed by atoms with van der Waals surface area (Å²) in [5.74, 6) is -0.167. The van der Waals surface area contributed by atoms with Crippen LogP contribution in [-0.4, -0.2) is 29.6 Å². The van der Waals surface area contributed by atoms with Gasteiger partial charge in [-0.25, -0.2) is 0 Å². The Morgan fingerprint density at radius 2 is 2.10 bits per heavy atom. The molecule has 2 rings (SSSR count). The summed E-state index contributed by atoms with van der Waals surface area (Å²) in [6, 6.07) is 4.00. The molecule has 0 aromatic heterocycles. The van der Waals surface area contributed by atoms with E-state index in [0.717, 1.165) is 25.6 Å². The Kier molecular flexibility index (Phi) is 4.88. The van der Waals surface area contributed by atoms with Gasteiger partial charge in [-0.15, -0.1) is 6.58 Å². The number of ether oxygens (including phenoxy) is 1. The van der Waals surface area contributed by atoms with E-state index < -0.39 is 11.7 Å². The van der Waals surface area contributed by atoms with Crippen LogP contribution in [0.4, 0.5) is 13.2 Å². The van der Waals surface area contributed by atoms with Crippen molar-refractivity contribution < 1.29 is 17.9 Å². The van der Waals surface area contributed by atoms with Crippen LogP contribution < -0.4 is 4.74 Å². The standard InChI is InChI=1S/C15H16F3NOS/c1-2-3-9-20-13-6-5-11(10-12(13)15(16,17)18)14(21)19-7-4-8-19/h2,5-6,10H,1,3-4,7-9H2. The van der Waals surface area contributed by atoms with E-state index in [-0.39, 0.29) is 12.4 Å². The van der Waals surface area contributed by atoms with Gasteiger partial charge in [-0.1, -0.05) is 18.3 Å². The van der Waals surface area contributed by atoms with Gasteiger partial charge in [-0.2, -0.15) is 13.2 Å². The second-order valence-corrected chi connectivity index (χ2v) is 5.17. The Hall–Kier alpha value is -1.56. The first-order chi connectivity index (χ1) is 9.93. The van der Waals surface area contributed by atoms with Crippen molar-refractivity contribution in [1.29, 1.82) is 0 Å². The van der Waals surface area contributed by atoms with Crippen LogP contribution in [0.25, 0.3) is 0 Å². The Morgan fingerprint density at radius 1 is 1.38 bits per heavy atom. The molecule has 6 heteroatoms. The van der Waals surface area contributed by atoms with E-state index in [2.05, 4.69) is 6.58 Å². The van der Waals surface area contributed by atoms with Crippen molar-refractivity contribution in [3.63, 3.8) is 0 Å². The number of thiocarbonyl (C=S) groups is 1. The monoisotopic (exact) mass is 315 g/mol. The molecule has 21 heavy (non-hydrogen) atoms. The summed E-state index contributed by atoms with van der Waals surface area (Å²) in [4.78, 5) is 2.35. The number of alkyl halides is 3. The molecule has 1 heterocycles. The van der Waals surface area contributed by atoms with E-state index >= 15 is 0 Å². The van der Waals surface area contributed by atoms with E-state index in [9.17, 15) is 13.2 Å². The van der Waals surface area contributed by atoms with Crippen LogP contribution >= 0.6 is 12.2 Å². The fraction of sp³-hybridized carbons (Fsp3) is 0.400. The molecule has 0 atom stereocenters. The molecule has 2 nitrogen and oxygen atoms in total. The molecule has 0 unspecified atom stereocenters. The Labute approximate surface area is 127 Å². The third-order valence-corrected chi connectivity index (χ3v) is 3.75. The van der Waals surface area contributed by atoms with Gasteiger partial charge in [0.25, 0.3) is 0 Å². The highest BCUT2D eigenvalue weighted by Gasteiger charge is 2.35. The highest BCUT2D eigenvalue weighted by Crippen LogP contribution is 2.37. The fourth-order valence-corrected chi connectivity index (χ4v) is 2.27. The SMILES string of the molecule is C=CCCOc1ccc(C(=S)N2CCC2)cc1C(F)(F)F. The number of benzene rings is 1. The Bertz CT molecular complexity index is 538. The minimum atomic E-state index is -4.47. The van der Waals surface area contributed by atoms with Crippen molar-refractivity contribution in [2.24, 2.45) is 0 Å². The summed E-state index contributed by atoms with van der Waals surface area (Å²) in [6.45, 7) is 5.29. The zero-order valence-corrected chi connectivity index (χ0v) is 12.3. The zero-order chi connectivity index (χ0) is 15.5. The number of rotatable bonds is 5. The van der Waals surface area contributed by atoms with Crippen LogP contribution in [0.2, 0.25) is 0 Å². The first kappa shape index (κ1) is 15.8. The van der Waals surface area contributed by atoms with Crippen LogP contribution in [0.5, 0.6) is 5.75 Å². The van der Waals surface area contributed by atoms with Crippen molar-refractivity contribution >= 4 is 17.2 Å². The van der Waals surface area contributed by atoms with Crippen molar-refractivity contribution in [2.75, 3.05) is 19.7 Å². The van der Waals surface area contributed by atoms with E-state index in [1.54, 1.807) is 12.1 Å². The molecule has 1 fully saturated rings. The van der Waals surface area contributed by atoms with Crippen LogP contribution in [0, 0.1) is 0 Å². The molecule has 0 bridgehead atoms. The summed E-state index contributed by atoms with van der Waals surface area (Å²) in [5.41, 5.74) is -0.375. The van der Waals surface area contributed by atoms with E-state index in [4.69, 9.17) is 17.0 Å². The van der Waals surface area contributed by atoms with Crippen molar-refractivity contribution in [3.05, 3.63) is 42.0 Å². The van der Waals surface area contributed by atoms with Gasteiger partial charge in [0.2, 0.25) is 0 Å². The number of nitrogens with zero attached hydrogens (tertiary/aromatic N) is 1. The van der Waals surface area contributed by atoms with Gasteiger partial charge in [0.1, 0.15) is 10.7 Å². The maximum atomic E-state index is 13.1. The minimum absolute atomic E-state index is 0.167. The topological polar surface area (TPSA) is 12.5 Å². The summed E-state index contributed by atoms with van der Waals surface area (Å²) in [6.07, 6.45) is -1.36. The molecule has 114 valence electrons. The van der Waals surface area contributed by atoms with Crippen LogP contribution in [0.15, 0.2) is 30.9 Å². The first-order valence-electron chi connectivity index (χ1n) is 6.67. The quantitative estimate of drug-likeness (QED) is 0.462. The molecule has 0 amide bonds. The largest absolute Gasteiger partial charge is 0.493 e. The smallest absolute Gasteiger partial charge is 0.419 e. The number of hydrogen-bond donors (Lipinski definition) is 0. The predicted molar refractivity (Wildman–Crippen MR) is 79.6 cm³/mol. The van der Waals surface area contributed by atoms with Gasteiger partial charge >= 0.3 is 6.18 Å². The summed E-state index contributed by atoms with van der Waals surface area (Å²) >= 11 is 5.23. The molecule has 0 saturated carbocycles. The molecule has 0 radical (unpaired) electrons. The molecular formula is C15H16F3NOS. The van der Waals surface area contributed by atoms with Crippen molar-refractivity contribution in [1.82, 2.24) is 4.90 Å². The predicted octanol–water partition coefficient (Wildman–Crippen LogP) is 4.04. The average Bonchev–Trinajstić information content (AvgIpc) is 2.36. The molecule has 0 spiro atoms. The minimum Gasteiger partial charge on any atom is -0.493 e. The van der Waals surface area contributed by atoms with Crippen molar-refractivity contribution in [2.45, 2.75) is 19.0 Å². The fourth-order valence-electron chi connectivity index (χ4n) is 1.96. The second kappa shape index (κ2) is 6.47. The number of halogens is 3. The van der Waals surface area contributed by atoms with Gasteiger partial charge in [0.15, 0.2) is 0 Å². The lowest BCUT2D eigenvalue weighted by atomic mass is 10.1. The van der Waals surface area contributed by atoms with Gasteiger partial charge < -0.3 is 9.64 Å². The van der Waals surface area contributed by atoms with Crippen LogP contribution in [0.1, 0.15) is 24.0 Å². The summed E-state index contributed by atoms with van der Waals surface area (Å²) in [7, 11) is 0. The Morgan fingerprint density at radius 3 is 2.62 bits per heavy atom. The van der Waals surface area contributed by atoms with Gasteiger partial charge in [-0.3, -0.25) is 0 Å². The average molecular weight is 315 g/mol. The van der Waals surface area contributed by atoms with E-state index in [1.165, 1.54) is 6.07 Å². The van der Waals surface area contributed by atoms with Gasteiger partial charge in [-0.05, 0) is 31.0 Å². The Balaban J connectivity index is 2.25. The van der Waals surface area contributed by atoms with E-state index in [0.29, 0.717) is 17.0 Å². The normalized spacial score (nSPS) is 14.5. The molecule has 0 aliphatic carbocycles. The van der Waals surface area contributed by atoms with Gasteiger partial charge in [0, 0.05) is 18.7 Å². The lowest BCUT2D eigenvalue weighted by molar-refractivity contribution is -0.138. The van der Waals surface area contributed by atoms with Crippen LogP contribution in [0.3, 0.4) is 0 Å². The highest BCUT2D eigenvalue weighted by molar-refractivity contribution is 7.80. The molecule has 1 aliphatic rings. The number of hydrogen-bond acceptors (Lipinski definition) is 2. The molecule has 0 N–H and O–H groups in total. The van der Waals surface area contributed by atoms with Crippen LogP contribution in [-0.2, 0) is 6.18 Å². The first-order valence-corrected chi connectivity index (χ1v) is 7.08. The molecular weight excluding hydrogens is 299 g/mol. The third-order valence-electron chi connectivity index (χ3n) is 3.25.